The molecule has 1 aliphatic carbocycles. The van der Waals surface area contributed by atoms with E-state index in [-0.39, 0.29) is 6.10 Å². The van der Waals surface area contributed by atoms with E-state index < -0.39 is 0 Å². The molecule has 0 aromatic carbocycles. The Morgan fingerprint density at radius 3 is 2.43 bits per heavy atom. The summed E-state index contributed by atoms with van der Waals surface area (Å²) in [6.07, 6.45) is 2.71. The van der Waals surface area contributed by atoms with Crippen LogP contribution in [-0.4, -0.2) is 6.10 Å². The third-order valence-corrected chi connectivity index (χ3v) is 1.47. The van der Waals surface area contributed by atoms with Crippen LogP contribution in [0.15, 0.2) is 0 Å². The van der Waals surface area contributed by atoms with Crippen LogP contribution in [0.3, 0.4) is 0 Å². The van der Waals surface area contributed by atoms with E-state index in [4.69, 9.17) is 7.11 Å². The third kappa shape index (κ3) is 1.16. The van der Waals surface area contributed by atoms with E-state index >= 15 is 0 Å². The molecule has 0 amide bonds. The zero-order valence-corrected chi connectivity index (χ0v) is 4.48. The van der Waals surface area contributed by atoms with Crippen LogP contribution in [0.25, 0.3) is 0 Å². The molecule has 0 aliphatic heterocycles. The van der Waals surface area contributed by atoms with Gasteiger partial charge in [-0.15, -0.1) is 0 Å². The molecule has 39 valence electrons. The Bertz CT molecular complexity index is 57.2. The quantitative estimate of drug-likeness (QED) is 0.505. The lowest BCUT2D eigenvalue weighted by molar-refractivity contribution is 0.135. The molecule has 1 atom stereocenters. The van der Waals surface area contributed by atoms with Crippen LogP contribution in [-0.2, 0) is 4.74 Å². The number of hydrogen-bond acceptors (Lipinski definition) is 1. The van der Waals surface area contributed by atoms with Crippen LogP contribution in [0.4, 0.5) is 0 Å². The minimum atomic E-state index is 0.181. The summed E-state index contributed by atoms with van der Waals surface area (Å²) in [5.41, 5.74) is 0. The van der Waals surface area contributed by atoms with Crippen molar-refractivity contribution in [2.45, 2.75) is 25.9 Å². The third-order valence-electron chi connectivity index (χ3n) is 1.47. The van der Waals surface area contributed by atoms with E-state index in [0.29, 0.717) is 5.92 Å². The van der Waals surface area contributed by atoms with E-state index in [1.807, 2.05) is 6.92 Å². The van der Waals surface area contributed by atoms with Crippen molar-refractivity contribution >= 4 is 0 Å². The van der Waals surface area contributed by atoms with E-state index in [1.165, 1.54) is 12.8 Å². The largest absolute Gasteiger partial charge is 0.362 e. The Balaban J connectivity index is 2.10. The zero-order valence-electron chi connectivity index (χ0n) is 4.48. The average molecular weight is 97.1 g/mol. The minimum Gasteiger partial charge on any atom is -0.362 e. The number of rotatable bonds is 2. The Labute approximate surface area is 44.7 Å². The molecule has 0 aromatic rings. The fourth-order valence-corrected chi connectivity index (χ4v) is 0.662. The monoisotopic (exact) mass is 97.1 g/mol. The SMILES string of the molecule is [C]OC(C)C1CC1. The maximum Gasteiger partial charge on any atom is 0.173 e. The predicted molar refractivity (Wildman–Crippen MR) is 26.5 cm³/mol. The van der Waals surface area contributed by atoms with Gasteiger partial charge in [0.25, 0.3) is 0 Å². The van der Waals surface area contributed by atoms with Gasteiger partial charge >= 0.3 is 0 Å². The Kier molecular flexibility index (Phi) is 1.33. The van der Waals surface area contributed by atoms with Crippen LogP contribution in [0.2, 0.25) is 0 Å². The van der Waals surface area contributed by atoms with Crippen molar-refractivity contribution in [2.24, 2.45) is 5.92 Å². The average Bonchev–Trinajstić information content (AvgIpc) is 2.44. The lowest BCUT2D eigenvalue weighted by atomic mass is 10.3. The molecule has 0 saturated heterocycles. The van der Waals surface area contributed by atoms with Gasteiger partial charge in [0, 0.05) is 0 Å². The molecule has 7 heavy (non-hydrogen) atoms. The summed E-state index contributed by atoms with van der Waals surface area (Å²) in [4.78, 5) is 0. The summed E-state index contributed by atoms with van der Waals surface area (Å²) in [6.45, 7) is 1.95. The molecule has 1 fully saturated rings. The van der Waals surface area contributed by atoms with E-state index in [0.717, 1.165) is 0 Å². The van der Waals surface area contributed by atoms with Gasteiger partial charge in [-0.25, -0.2) is 0 Å². The second-order valence-corrected chi connectivity index (χ2v) is 2.16. The van der Waals surface area contributed by atoms with Gasteiger partial charge in [-0.2, -0.15) is 0 Å². The van der Waals surface area contributed by atoms with E-state index in [9.17, 15) is 0 Å². The summed E-state index contributed by atoms with van der Waals surface area (Å²) < 4.78 is 4.32. The van der Waals surface area contributed by atoms with Crippen molar-refractivity contribution < 1.29 is 4.74 Å². The summed E-state index contributed by atoms with van der Waals surface area (Å²) in [6, 6.07) is 0. The first-order chi connectivity index (χ1) is 3.34. The maximum atomic E-state index is 6.48. The van der Waals surface area contributed by atoms with Crippen molar-refractivity contribution in [3.05, 3.63) is 7.11 Å². The van der Waals surface area contributed by atoms with Gasteiger partial charge in [-0.05, 0) is 25.7 Å². The second kappa shape index (κ2) is 1.83. The Morgan fingerprint density at radius 1 is 1.71 bits per heavy atom. The topological polar surface area (TPSA) is 9.23 Å². The number of ether oxygens (including phenoxy) is 1. The first-order valence-electron chi connectivity index (χ1n) is 2.67. The molecule has 0 aromatic heterocycles. The fraction of sp³-hybridized carbons (Fsp3) is 0.833. The van der Waals surface area contributed by atoms with Gasteiger partial charge in [0.1, 0.15) is 0 Å². The number of hydrogen-bond donors (Lipinski definition) is 0. The standard InChI is InChI=1S/C6H9O/c1-5(7-2)6-3-4-6/h5-6H,3-4H2,1H3. The minimum absolute atomic E-state index is 0.181. The van der Waals surface area contributed by atoms with E-state index in [2.05, 4.69) is 4.74 Å². The lowest BCUT2D eigenvalue weighted by Gasteiger charge is -2.02. The van der Waals surface area contributed by atoms with Crippen LogP contribution < -0.4 is 0 Å². The normalized spacial score (nSPS) is 24.9. The molecule has 1 unspecified atom stereocenters. The molecule has 0 bridgehead atoms. The zero-order chi connectivity index (χ0) is 5.28. The van der Waals surface area contributed by atoms with Gasteiger partial charge in [-0.3, -0.25) is 0 Å². The van der Waals surface area contributed by atoms with E-state index in [1.54, 1.807) is 0 Å². The summed E-state index contributed by atoms with van der Waals surface area (Å²) in [5, 5.41) is 0. The van der Waals surface area contributed by atoms with Gasteiger partial charge in [0.05, 0.1) is 6.10 Å². The highest BCUT2D eigenvalue weighted by Gasteiger charge is 2.27. The molecule has 0 heterocycles. The molecular formula is C6H9O. The summed E-state index contributed by atoms with van der Waals surface area (Å²) >= 11 is 0. The van der Waals surface area contributed by atoms with Crippen LogP contribution in [0.5, 0.6) is 0 Å². The molecular weight excluding hydrogens is 88.1 g/mol. The smallest absolute Gasteiger partial charge is 0.173 e. The lowest BCUT2D eigenvalue weighted by Crippen LogP contribution is -2.04. The van der Waals surface area contributed by atoms with Crippen LogP contribution in [0.1, 0.15) is 19.8 Å². The van der Waals surface area contributed by atoms with Gasteiger partial charge < -0.3 is 4.74 Å². The molecule has 1 nitrogen and oxygen atoms in total. The maximum absolute atomic E-state index is 6.48. The van der Waals surface area contributed by atoms with Crippen molar-refractivity contribution in [2.75, 3.05) is 0 Å². The van der Waals surface area contributed by atoms with Gasteiger partial charge in [-0.1, -0.05) is 0 Å². The van der Waals surface area contributed by atoms with Crippen molar-refractivity contribution in [1.29, 1.82) is 0 Å². The molecule has 1 saturated carbocycles. The van der Waals surface area contributed by atoms with Crippen LogP contribution >= 0.6 is 0 Å². The van der Waals surface area contributed by atoms with Gasteiger partial charge in [0.15, 0.2) is 7.11 Å². The molecule has 1 heteroatoms. The predicted octanol–water partition coefficient (Wildman–Crippen LogP) is 1.35. The molecule has 1 aliphatic rings. The molecule has 0 spiro atoms. The highest BCUT2D eigenvalue weighted by Crippen LogP contribution is 2.33. The molecule has 0 N–H and O–H groups in total. The van der Waals surface area contributed by atoms with Crippen molar-refractivity contribution in [3.63, 3.8) is 0 Å². The summed E-state index contributed by atoms with van der Waals surface area (Å²) in [5.74, 6) is 0.706. The molecule has 3 radical (unpaired) electrons. The summed E-state index contributed by atoms with van der Waals surface area (Å²) in [7, 11) is 6.48. The van der Waals surface area contributed by atoms with Crippen LogP contribution in [0, 0.1) is 13.0 Å². The van der Waals surface area contributed by atoms with Crippen molar-refractivity contribution in [1.82, 2.24) is 0 Å². The molecule has 1 rings (SSSR count). The highest BCUT2D eigenvalue weighted by molar-refractivity contribution is 4.78. The van der Waals surface area contributed by atoms with Crippen molar-refractivity contribution in [3.8, 4) is 0 Å². The first kappa shape index (κ1) is 5.10. The van der Waals surface area contributed by atoms with Gasteiger partial charge in [0.2, 0.25) is 0 Å². The fourth-order valence-electron chi connectivity index (χ4n) is 0.662. The first-order valence-corrected chi connectivity index (χ1v) is 2.67. The highest BCUT2D eigenvalue weighted by atomic mass is 16.5. The Hall–Kier alpha value is -0.0400. The Morgan fingerprint density at radius 2 is 2.29 bits per heavy atom. The second-order valence-electron chi connectivity index (χ2n) is 2.16.